The summed E-state index contributed by atoms with van der Waals surface area (Å²) in [5.74, 6) is 0.475. The second-order valence-electron chi connectivity index (χ2n) is 4.47. The van der Waals surface area contributed by atoms with Crippen LogP contribution in [0.3, 0.4) is 0 Å². The largest absolute Gasteiger partial charge is 0.398 e. The number of aryl methyl sites for hydroxylation is 1. The summed E-state index contributed by atoms with van der Waals surface area (Å²) < 4.78 is 0. The third-order valence-electron chi connectivity index (χ3n) is 3.10. The average Bonchev–Trinajstić information content (AvgIpc) is 2.58. The summed E-state index contributed by atoms with van der Waals surface area (Å²) in [6.45, 7) is 6.45. The molecule has 0 bridgehead atoms. The van der Waals surface area contributed by atoms with E-state index in [-0.39, 0.29) is 0 Å². The molecule has 2 rings (SSSR count). The number of aromatic nitrogens is 1. The average molecular weight is 190 g/mol. The van der Waals surface area contributed by atoms with Gasteiger partial charge < -0.3 is 5.73 Å². The van der Waals surface area contributed by atoms with Crippen LogP contribution < -0.4 is 5.73 Å². The van der Waals surface area contributed by atoms with Gasteiger partial charge in [-0.05, 0) is 43.2 Å². The first-order valence-corrected chi connectivity index (χ1v) is 5.39. The van der Waals surface area contributed by atoms with Gasteiger partial charge in [-0.1, -0.05) is 13.8 Å². The molecule has 0 spiro atoms. The number of hydrogen-bond donors (Lipinski definition) is 1. The maximum Gasteiger partial charge on any atom is 0.0482 e. The van der Waals surface area contributed by atoms with E-state index in [0.717, 1.165) is 18.5 Å². The Morgan fingerprint density at radius 3 is 2.64 bits per heavy atom. The summed E-state index contributed by atoms with van der Waals surface area (Å²) in [4.78, 5) is 4.73. The van der Waals surface area contributed by atoms with Crippen molar-refractivity contribution in [3.05, 3.63) is 22.5 Å². The van der Waals surface area contributed by atoms with E-state index in [2.05, 4.69) is 20.8 Å². The monoisotopic (exact) mass is 190 g/mol. The fraction of sp³-hybridized carbons (Fsp3) is 0.583. The van der Waals surface area contributed by atoms with Crippen molar-refractivity contribution in [3.63, 3.8) is 0 Å². The quantitative estimate of drug-likeness (QED) is 0.739. The molecule has 2 N–H and O–H groups in total. The fourth-order valence-corrected chi connectivity index (χ4v) is 2.30. The highest BCUT2D eigenvalue weighted by Gasteiger charge is 2.20. The molecule has 0 saturated heterocycles. The second kappa shape index (κ2) is 3.26. The van der Waals surface area contributed by atoms with Gasteiger partial charge in [-0.25, -0.2) is 0 Å². The lowest BCUT2D eigenvalue weighted by Crippen LogP contribution is -2.06. The first-order valence-electron chi connectivity index (χ1n) is 5.39. The van der Waals surface area contributed by atoms with Crippen molar-refractivity contribution in [1.29, 1.82) is 0 Å². The molecule has 0 fully saturated rings. The van der Waals surface area contributed by atoms with Gasteiger partial charge in [0.2, 0.25) is 0 Å². The number of rotatable bonds is 1. The summed E-state index contributed by atoms with van der Waals surface area (Å²) in [6.07, 6.45) is 3.44. The van der Waals surface area contributed by atoms with Crippen LogP contribution in [0.5, 0.6) is 0 Å². The van der Waals surface area contributed by atoms with Gasteiger partial charge in [0.05, 0.1) is 0 Å². The molecule has 0 amide bonds. The van der Waals surface area contributed by atoms with Crippen LogP contribution in [-0.2, 0) is 12.8 Å². The van der Waals surface area contributed by atoms with Crippen molar-refractivity contribution < 1.29 is 0 Å². The van der Waals surface area contributed by atoms with E-state index >= 15 is 0 Å². The SMILES string of the molecule is Cc1c(C(C)C)nc2c(c1N)CCC2. The zero-order valence-corrected chi connectivity index (χ0v) is 9.22. The Hall–Kier alpha value is -1.05. The zero-order valence-electron chi connectivity index (χ0n) is 9.22. The smallest absolute Gasteiger partial charge is 0.0482 e. The Kier molecular flexibility index (Phi) is 2.22. The van der Waals surface area contributed by atoms with Crippen LogP contribution in [0, 0.1) is 6.92 Å². The normalized spacial score (nSPS) is 14.9. The van der Waals surface area contributed by atoms with Crippen molar-refractivity contribution in [1.82, 2.24) is 4.98 Å². The van der Waals surface area contributed by atoms with E-state index in [0.29, 0.717) is 5.92 Å². The zero-order chi connectivity index (χ0) is 10.3. The van der Waals surface area contributed by atoms with E-state index in [1.165, 1.54) is 28.9 Å². The highest BCUT2D eigenvalue weighted by molar-refractivity contribution is 5.58. The molecule has 0 aromatic carbocycles. The Bertz CT molecular complexity index is 367. The molecule has 1 aliphatic rings. The van der Waals surface area contributed by atoms with Gasteiger partial charge in [0.15, 0.2) is 0 Å². The van der Waals surface area contributed by atoms with Crippen molar-refractivity contribution in [2.45, 2.75) is 46.0 Å². The van der Waals surface area contributed by atoms with E-state index in [1.54, 1.807) is 0 Å². The van der Waals surface area contributed by atoms with Crippen LogP contribution >= 0.6 is 0 Å². The van der Waals surface area contributed by atoms with Crippen molar-refractivity contribution in [2.75, 3.05) is 5.73 Å². The van der Waals surface area contributed by atoms with Gasteiger partial charge in [-0.2, -0.15) is 0 Å². The molecular formula is C12H18N2. The molecule has 0 saturated carbocycles. The minimum atomic E-state index is 0.475. The lowest BCUT2D eigenvalue weighted by Gasteiger charge is -2.14. The van der Waals surface area contributed by atoms with Gasteiger partial charge in [-0.3, -0.25) is 4.98 Å². The fourth-order valence-electron chi connectivity index (χ4n) is 2.30. The van der Waals surface area contributed by atoms with Crippen LogP contribution in [-0.4, -0.2) is 4.98 Å². The lowest BCUT2D eigenvalue weighted by atomic mass is 10.00. The van der Waals surface area contributed by atoms with Crippen LogP contribution in [0.1, 0.15) is 48.7 Å². The molecule has 1 aromatic rings. The van der Waals surface area contributed by atoms with Crippen LogP contribution in [0.25, 0.3) is 0 Å². The first-order chi connectivity index (χ1) is 6.61. The predicted molar refractivity (Wildman–Crippen MR) is 59.5 cm³/mol. The minimum Gasteiger partial charge on any atom is -0.398 e. The third-order valence-corrected chi connectivity index (χ3v) is 3.10. The van der Waals surface area contributed by atoms with E-state index in [1.807, 2.05) is 0 Å². The molecule has 0 aliphatic heterocycles. The Morgan fingerprint density at radius 1 is 1.29 bits per heavy atom. The molecule has 0 atom stereocenters. The van der Waals surface area contributed by atoms with Gasteiger partial charge >= 0.3 is 0 Å². The Morgan fingerprint density at radius 2 is 2.00 bits per heavy atom. The maximum absolute atomic E-state index is 6.13. The van der Waals surface area contributed by atoms with Crippen LogP contribution in [0.4, 0.5) is 5.69 Å². The van der Waals surface area contributed by atoms with Gasteiger partial charge in [0, 0.05) is 17.1 Å². The Balaban J connectivity index is 2.61. The summed E-state index contributed by atoms with van der Waals surface area (Å²) >= 11 is 0. The highest BCUT2D eigenvalue weighted by atomic mass is 14.8. The molecule has 1 heterocycles. The first kappa shape index (κ1) is 9.50. The van der Waals surface area contributed by atoms with E-state index in [4.69, 9.17) is 10.7 Å². The number of nitrogen functional groups attached to an aromatic ring is 1. The summed E-state index contributed by atoms with van der Waals surface area (Å²) in [7, 11) is 0. The number of pyridine rings is 1. The van der Waals surface area contributed by atoms with Crippen molar-refractivity contribution >= 4 is 5.69 Å². The lowest BCUT2D eigenvalue weighted by molar-refractivity contribution is 0.797. The van der Waals surface area contributed by atoms with E-state index < -0.39 is 0 Å². The molecule has 0 radical (unpaired) electrons. The summed E-state index contributed by atoms with van der Waals surface area (Å²) in [5, 5.41) is 0. The van der Waals surface area contributed by atoms with E-state index in [9.17, 15) is 0 Å². The molecule has 76 valence electrons. The summed E-state index contributed by atoms with van der Waals surface area (Å²) in [5.41, 5.74) is 12.1. The van der Waals surface area contributed by atoms with Gasteiger partial charge in [0.25, 0.3) is 0 Å². The number of hydrogen-bond acceptors (Lipinski definition) is 2. The highest BCUT2D eigenvalue weighted by Crippen LogP contribution is 2.32. The Labute approximate surface area is 85.5 Å². The van der Waals surface area contributed by atoms with Crippen molar-refractivity contribution in [2.24, 2.45) is 0 Å². The predicted octanol–water partition coefficient (Wildman–Crippen LogP) is 2.58. The molecule has 1 aliphatic carbocycles. The number of nitrogens with two attached hydrogens (primary N) is 1. The standard InChI is InChI=1S/C12H18N2/c1-7(2)12-8(3)11(13)9-5-4-6-10(9)14-12/h7H,4-6H2,1-3H3,(H2,13,14). The maximum atomic E-state index is 6.13. The molecule has 2 nitrogen and oxygen atoms in total. The third kappa shape index (κ3) is 1.29. The van der Waals surface area contributed by atoms with Crippen molar-refractivity contribution in [3.8, 4) is 0 Å². The minimum absolute atomic E-state index is 0.475. The van der Waals surface area contributed by atoms with Gasteiger partial charge in [0.1, 0.15) is 0 Å². The second-order valence-corrected chi connectivity index (χ2v) is 4.47. The van der Waals surface area contributed by atoms with Crippen LogP contribution in [0.2, 0.25) is 0 Å². The number of anilines is 1. The molecule has 0 unspecified atom stereocenters. The topological polar surface area (TPSA) is 38.9 Å². The molecule has 2 heteroatoms. The van der Waals surface area contributed by atoms with Crippen LogP contribution in [0.15, 0.2) is 0 Å². The molecule has 14 heavy (non-hydrogen) atoms. The molecule has 1 aromatic heterocycles. The number of nitrogens with zero attached hydrogens (tertiary/aromatic N) is 1. The number of fused-ring (bicyclic) bond motifs is 1. The van der Waals surface area contributed by atoms with Gasteiger partial charge in [-0.15, -0.1) is 0 Å². The molecular weight excluding hydrogens is 172 g/mol. The summed E-state index contributed by atoms with van der Waals surface area (Å²) in [6, 6.07) is 0.